The Morgan fingerprint density at radius 3 is 3.13 bits per heavy atom. The minimum absolute atomic E-state index is 0.0624. The molecule has 1 aromatic carbocycles. The smallest absolute Gasteiger partial charge is 0.304 e. The van der Waals surface area contributed by atoms with Gasteiger partial charge in [0.1, 0.15) is 0 Å². The van der Waals surface area contributed by atoms with Gasteiger partial charge in [0.2, 0.25) is 0 Å². The monoisotopic (exact) mass is 208 g/mol. The van der Waals surface area contributed by atoms with Gasteiger partial charge in [-0.2, -0.15) is 0 Å². The minimum atomic E-state index is -0.806. The Balaban J connectivity index is 2.31. The Kier molecular flexibility index (Phi) is 2.49. The summed E-state index contributed by atoms with van der Waals surface area (Å²) in [6.07, 6.45) is 0.0974. The summed E-state index contributed by atoms with van der Waals surface area (Å²) in [4.78, 5) is 10.6. The van der Waals surface area contributed by atoms with E-state index in [0.717, 1.165) is 5.56 Å². The van der Waals surface area contributed by atoms with E-state index in [4.69, 9.17) is 14.6 Å². The summed E-state index contributed by atoms with van der Waals surface area (Å²) in [5.41, 5.74) is 0.928. The molecular weight excluding hydrogens is 196 g/mol. The lowest BCUT2D eigenvalue weighted by atomic mass is 9.98. The lowest BCUT2D eigenvalue weighted by molar-refractivity contribution is -0.137. The van der Waals surface area contributed by atoms with Gasteiger partial charge in [-0.25, -0.2) is 0 Å². The van der Waals surface area contributed by atoms with Crippen LogP contribution in [-0.4, -0.2) is 24.8 Å². The van der Waals surface area contributed by atoms with E-state index in [9.17, 15) is 4.79 Å². The number of fused-ring (bicyclic) bond motifs is 1. The van der Waals surface area contributed by atoms with Crippen molar-refractivity contribution in [1.29, 1.82) is 0 Å². The second-order valence-corrected chi connectivity index (χ2v) is 3.48. The van der Waals surface area contributed by atoms with E-state index in [0.29, 0.717) is 18.1 Å². The molecule has 0 saturated heterocycles. The van der Waals surface area contributed by atoms with E-state index >= 15 is 0 Å². The minimum Gasteiger partial charge on any atom is -0.493 e. The van der Waals surface area contributed by atoms with Gasteiger partial charge in [0.25, 0.3) is 0 Å². The summed E-state index contributed by atoms with van der Waals surface area (Å²) in [7, 11) is 1.57. The highest BCUT2D eigenvalue weighted by Gasteiger charge is 2.28. The first-order valence-corrected chi connectivity index (χ1v) is 4.74. The number of carbonyl (C=O) groups is 1. The van der Waals surface area contributed by atoms with Crippen LogP contribution in [-0.2, 0) is 4.79 Å². The SMILES string of the molecule is COc1cccc2c1OCC2CC(=O)O. The predicted molar refractivity (Wildman–Crippen MR) is 53.5 cm³/mol. The van der Waals surface area contributed by atoms with Gasteiger partial charge in [-0.3, -0.25) is 4.79 Å². The van der Waals surface area contributed by atoms with Crippen molar-refractivity contribution in [3.63, 3.8) is 0 Å². The Morgan fingerprint density at radius 2 is 2.47 bits per heavy atom. The van der Waals surface area contributed by atoms with Crippen LogP contribution in [0.2, 0.25) is 0 Å². The van der Waals surface area contributed by atoms with Gasteiger partial charge in [-0.15, -0.1) is 0 Å². The molecule has 0 saturated carbocycles. The molecule has 0 fully saturated rings. The normalized spacial score (nSPS) is 18.1. The molecule has 0 aromatic heterocycles. The molecule has 15 heavy (non-hydrogen) atoms. The first kappa shape index (κ1) is 9.83. The quantitative estimate of drug-likeness (QED) is 0.820. The van der Waals surface area contributed by atoms with Crippen LogP contribution in [0.1, 0.15) is 17.9 Å². The van der Waals surface area contributed by atoms with Crippen LogP contribution in [0.4, 0.5) is 0 Å². The third kappa shape index (κ3) is 1.75. The summed E-state index contributed by atoms with van der Waals surface area (Å²) in [6, 6.07) is 5.54. The van der Waals surface area contributed by atoms with Crippen molar-refractivity contribution in [1.82, 2.24) is 0 Å². The Labute approximate surface area is 87.4 Å². The molecule has 80 valence electrons. The molecule has 0 bridgehead atoms. The molecule has 1 aromatic rings. The first-order valence-electron chi connectivity index (χ1n) is 4.74. The lowest BCUT2D eigenvalue weighted by Gasteiger charge is -2.06. The van der Waals surface area contributed by atoms with Crippen molar-refractivity contribution in [2.45, 2.75) is 12.3 Å². The summed E-state index contributed by atoms with van der Waals surface area (Å²) >= 11 is 0. The number of methoxy groups -OCH3 is 1. The number of hydrogen-bond donors (Lipinski definition) is 1. The van der Waals surface area contributed by atoms with Crippen LogP contribution in [0.3, 0.4) is 0 Å². The molecule has 1 unspecified atom stereocenters. The van der Waals surface area contributed by atoms with Crippen molar-refractivity contribution in [2.75, 3.05) is 13.7 Å². The fourth-order valence-electron chi connectivity index (χ4n) is 1.82. The molecule has 4 nitrogen and oxygen atoms in total. The van der Waals surface area contributed by atoms with Gasteiger partial charge in [0.05, 0.1) is 20.1 Å². The second-order valence-electron chi connectivity index (χ2n) is 3.48. The largest absolute Gasteiger partial charge is 0.493 e. The third-order valence-corrected chi connectivity index (χ3v) is 2.52. The molecule has 0 radical (unpaired) electrons. The number of carboxylic acid groups (broad SMARTS) is 1. The highest BCUT2D eigenvalue weighted by Crippen LogP contribution is 2.42. The Bertz CT molecular complexity index is 386. The number of aliphatic carboxylic acids is 1. The Hall–Kier alpha value is -1.71. The summed E-state index contributed by atoms with van der Waals surface area (Å²) < 4.78 is 10.6. The van der Waals surface area contributed by atoms with Crippen LogP contribution in [0.5, 0.6) is 11.5 Å². The molecule has 1 heterocycles. The molecule has 1 aliphatic rings. The molecule has 0 amide bonds. The predicted octanol–water partition coefficient (Wildman–Crippen LogP) is 1.65. The van der Waals surface area contributed by atoms with Crippen LogP contribution in [0.15, 0.2) is 18.2 Å². The van der Waals surface area contributed by atoms with E-state index in [1.54, 1.807) is 7.11 Å². The van der Waals surface area contributed by atoms with Gasteiger partial charge in [0, 0.05) is 11.5 Å². The first-order chi connectivity index (χ1) is 7.22. The van der Waals surface area contributed by atoms with E-state index < -0.39 is 5.97 Å². The van der Waals surface area contributed by atoms with Gasteiger partial charge < -0.3 is 14.6 Å². The fourth-order valence-corrected chi connectivity index (χ4v) is 1.82. The van der Waals surface area contributed by atoms with E-state index in [1.807, 2.05) is 18.2 Å². The number of ether oxygens (including phenoxy) is 2. The van der Waals surface area contributed by atoms with Crippen molar-refractivity contribution in [3.05, 3.63) is 23.8 Å². The maximum Gasteiger partial charge on any atom is 0.304 e. The number of hydrogen-bond acceptors (Lipinski definition) is 3. The van der Waals surface area contributed by atoms with Crippen molar-refractivity contribution in [3.8, 4) is 11.5 Å². The second kappa shape index (κ2) is 3.81. The maximum atomic E-state index is 10.6. The molecule has 1 atom stereocenters. The topological polar surface area (TPSA) is 55.8 Å². The molecule has 0 aliphatic carbocycles. The molecule has 2 rings (SSSR count). The van der Waals surface area contributed by atoms with E-state index in [1.165, 1.54) is 0 Å². The molecule has 1 aliphatic heterocycles. The van der Waals surface area contributed by atoms with Crippen molar-refractivity contribution >= 4 is 5.97 Å². The summed E-state index contributed by atoms with van der Waals surface area (Å²) in [6.45, 7) is 0.419. The molecule has 0 spiro atoms. The zero-order valence-electron chi connectivity index (χ0n) is 8.40. The number of benzene rings is 1. The van der Waals surface area contributed by atoms with Gasteiger partial charge in [-0.05, 0) is 6.07 Å². The lowest BCUT2D eigenvalue weighted by Crippen LogP contribution is -2.07. The van der Waals surface area contributed by atoms with Gasteiger partial charge in [-0.1, -0.05) is 12.1 Å². The maximum absolute atomic E-state index is 10.6. The molecule has 1 N–H and O–H groups in total. The summed E-state index contributed by atoms with van der Waals surface area (Å²) in [5, 5.41) is 8.74. The number of rotatable bonds is 3. The fraction of sp³-hybridized carbons (Fsp3) is 0.364. The van der Waals surface area contributed by atoms with E-state index in [2.05, 4.69) is 0 Å². The average Bonchev–Trinajstić information content (AvgIpc) is 2.61. The summed E-state index contributed by atoms with van der Waals surface area (Å²) in [5.74, 6) is 0.485. The van der Waals surface area contributed by atoms with Crippen LogP contribution < -0.4 is 9.47 Å². The Morgan fingerprint density at radius 1 is 1.67 bits per heavy atom. The highest BCUT2D eigenvalue weighted by atomic mass is 16.5. The van der Waals surface area contributed by atoms with Crippen molar-refractivity contribution in [2.24, 2.45) is 0 Å². The van der Waals surface area contributed by atoms with Crippen LogP contribution >= 0.6 is 0 Å². The van der Waals surface area contributed by atoms with Gasteiger partial charge in [0.15, 0.2) is 11.5 Å². The van der Waals surface area contributed by atoms with Crippen LogP contribution in [0, 0.1) is 0 Å². The third-order valence-electron chi connectivity index (χ3n) is 2.52. The number of carboxylic acids is 1. The van der Waals surface area contributed by atoms with Crippen LogP contribution in [0.25, 0.3) is 0 Å². The zero-order chi connectivity index (χ0) is 10.8. The number of para-hydroxylation sites is 1. The average molecular weight is 208 g/mol. The molecular formula is C11H12O4. The zero-order valence-corrected chi connectivity index (χ0v) is 8.40. The molecule has 4 heteroatoms. The van der Waals surface area contributed by atoms with Gasteiger partial charge >= 0.3 is 5.97 Å². The van der Waals surface area contributed by atoms with E-state index in [-0.39, 0.29) is 12.3 Å². The highest BCUT2D eigenvalue weighted by molar-refractivity contribution is 5.69. The standard InChI is InChI=1S/C11H12O4/c1-14-9-4-2-3-8-7(5-10(12)13)6-15-11(8)9/h2-4,7H,5-6H2,1H3,(H,12,13). The van der Waals surface area contributed by atoms with Crippen molar-refractivity contribution < 1.29 is 19.4 Å².